The molecule has 8 nitrogen and oxygen atoms in total. The Morgan fingerprint density at radius 3 is 2.12 bits per heavy atom. The molecule has 2 aliphatic rings. The zero-order valence-electron chi connectivity index (χ0n) is 14.3. The summed E-state index contributed by atoms with van der Waals surface area (Å²) in [7, 11) is -3.68. The number of carboxylic acid groups (broad SMARTS) is 1. The summed E-state index contributed by atoms with van der Waals surface area (Å²) in [5.41, 5.74) is 0.440. The van der Waals surface area contributed by atoms with Crippen LogP contribution in [0.4, 0.5) is 0 Å². The van der Waals surface area contributed by atoms with Crippen molar-refractivity contribution in [1.82, 2.24) is 9.21 Å². The molecule has 0 aliphatic carbocycles. The number of carbonyl (C=O) groups is 2. The maximum Gasteiger partial charge on any atom is 0.306 e. The van der Waals surface area contributed by atoms with Gasteiger partial charge in [-0.25, -0.2) is 8.42 Å². The minimum absolute atomic E-state index is 0.116. The van der Waals surface area contributed by atoms with E-state index in [9.17, 15) is 18.0 Å². The third-order valence-electron chi connectivity index (χ3n) is 4.84. The standard InChI is InChI=1S/C17H22N2O6S/c20-16(18-9-11-25-12-10-18)13-1-3-15(4-2-13)26(23,24)19-7-5-14(6-8-19)17(21)22/h1-4,14H,5-12H2,(H,21,22). The maximum absolute atomic E-state index is 12.7. The smallest absolute Gasteiger partial charge is 0.306 e. The molecule has 142 valence electrons. The average molecular weight is 382 g/mol. The van der Waals surface area contributed by atoms with Crippen LogP contribution in [0.25, 0.3) is 0 Å². The molecular formula is C17H22N2O6S. The molecule has 9 heteroatoms. The van der Waals surface area contributed by atoms with Gasteiger partial charge in [0.25, 0.3) is 5.91 Å². The van der Waals surface area contributed by atoms with Crippen LogP contribution in [0.5, 0.6) is 0 Å². The Morgan fingerprint density at radius 1 is 1.00 bits per heavy atom. The van der Waals surface area contributed by atoms with E-state index in [1.807, 2.05) is 0 Å². The second kappa shape index (κ2) is 7.73. The van der Waals surface area contributed by atoms with E-state index in [1.54, 1.807) is 4.90 Å². The van der Waals surface area contributed by atoms with Crippen molar-refractivity contribution in [3.63, 3.8) is 0 Å². The Morgan fingerprint density at radius 2 is 1.58 bits per heavy atom. The molecule has 2 fully saturated rings. The Kier molecular flexibility index (Phi) is 5.59. The lowest BCUT2D eigenvalue weighted by atomic mass is 9.99. The van der Waals surface area contributed by atoms with Crippen molar-refractivity contribution in [2.75, 3.05) is 39.4 Å². The lowest BCUT2D eigenvalue weighted by Gasteiger charge is -2.29. The van der Waals surface area contributed by atoms with Gasteiger partial charge in [0.2, 0.25) is 10.0 Å². The van der Waals surface area contributed by atoms with Crippen LogP contribution in [0.15, 0.2) is 29.2 Å². The number of ether oxygens (including phenoxy) is 1. The predicted molar refractivity (Wildman–Crippen MR) is 92.3 cm³/mol. The Hall–Kier alpha value is -1.97. The van der Waals surface area contributed by atoms with Crippen molar-refractivity contribution >= 4 is 21.9 Å². The summed E-state index contributed by atoms with van der Waals surface area (Å²) in [6.07, 6.45) is 0.615. The largest absolute Gasteiger partial charge is 0.481 e. The molecule has 1 aromatic carbocycles. The van der Waals surface area contributed by atoms with E-state index in [2.05, 4.69) is 0 Å². The quantitative estimate of drug-likeness (QED) is 0.820. The number of piperidine rings is 1. The van der Waals surface area contributed by atoms with Crippen molar-refractivity contribution in [2.45, 2.75) is 17.7 Å². The minimum atomic E-state index is -3.68. The molecule has 0 atom stereocenters. The highest BCUT2D eigenvalue weighted by molar-refractivity contribution is 7.89. The first-order valence-electron chi connectivity index (χ1n) is 8.59. The number of rotatable bonds is 4. The summed E-state index contributed by atoms with van der Waals surface area (Å²) in [5.74, 6) is -1.51. The number of benzene rings is 1. The maximum atomic E-state index is 12.7. The molecule has 0 spiro atoms. The second-order valence-electron chi connectivity index (χ2n) is 6.45. The average Bonchev–Trinajstić information content (AvgIpc) is 2.68. The van der Waals surface area contributed by atoms with E-state index >= 15 is 0 Å². The molecule has 0 unspecified atom stereocenters. The fraction of sp³-hybridized carbons (Fsp3) is 0.529. The SMILES string of the molecule is O=C(O)C1CCN(S(=O)(=O)c2ccc(C(=O)N3CCOCC3)cc2)CC1. The normalized spacial score (nSPS) is 20.1. The van der Waals surface area contributed by atoms with Gasteiger partial charge < -0.3 is 14.7 Å². The van der Waals surface area contributed by atoms with Crippen molar-refractivity contribution < 1.29 is 27.9 Å². The topological polar surface area (TPSA) is 104 Å². The van der Waals surface area contributed by atoms with Crippen molar-refractivity contribution in [3.8, 4) is 0 Å². The first-order valence-corrected chi connectivity index (χ1v) is 10.0. The molecule has 1 amide bonds. The molecule has 2 saturated heterocycles. The fourth-order valence-corrected chi connectivity index (χ4v) is 4.68. The summed E-state index contributed by atoms with van der Waals surface area (Å²) < 4.78 is 32.0. The number of amides is 1. The molecule has 2 heterocycles. The molecule has 1 N–H and O–H groups in total. The van der Waals surface area contributed by atoms with Gasteiger partial charge in [-0.15, -0.1) is 0 Å². The van der Waals surface area contributed by atoms with Gasteiger partial charge in [-0.05, 0) is 37.1 Å². The number of nitrogens with zero attached hydrogens (tertiary/aromatic N) is 2. The van der Waals surface area contributed by atoms with E-state index in [1.165, 1.54) is 28.6 Å². The Balaban J connectivity index is 1.69. The molecule has 3 rings (SSSR count). The monoisotopic (exact) mass is 382 g/mol. The molecule has 0 aromatic heterocycles. The van der Waals surface area contributed by atoms with Gasteiger partial charge in [0.1, 0.15) is 0 Å². The highest BCUT2D eigenvalue weighted by atomic mass is 32.2. The lowest BCUT2D eigenvalue weighted by Crippen LogP contribution is -2.41. The summed E-state index contributed by atoms with van der Waals surface area (Å²) in [4.78, 5) is 25.2. The van der Waals surface area contributed by atoms with E-state index in [-0.39, 0.29) is 23.9 Å². The van der Waals surface area contributed by atoms with Crippen LogP contribution in [0.1, 0.15) is 23.2 Å². The van der Waals surface area contributed by atoms with Crippen LogP contribution in [-0.2, 0) is 19.6 Å². The molecule has 0 saturated carbocycles. The first kappa shape index (κ1) is 18.8. The van der Waals surface area contributed by atoms with E-state index in [0.29, 0.717) is 44.7 Å². The number of hydrogen-bond acceptors (Lipinski definition) is 5. The third kappa shape index (κ3) is 3.89. The number of aliphatic carboxylic acids is 1. The van der Waals surface area contributed by atoms with Crippen LogP contribution in [0.2, 0.25) is 0 Å². The van der Waals surface area contributed by atoms with Crippen molar-refractivity contribution in [3.05, 3.63) is 29.8 Å². The summed E-state index contributed by atoms with van der Waals surface area (Å²) in [6.45, 7) is 2.44. The van der Waals surface area contributed by atoms with Crippen LogP contribution in [-0.4, -0.2) is 74.0 Å². The number of hydrogen-bond donors (Lipinski definition) is 1. The van der Waals surface area contributed by atoms with Crippen molar-refractivity contribution in [1.29, 1.82) is 0 Å². The summed E-state index contributed by atoms with van der Waals surface area (Å²) in [6, 6.07) is 5.92. The first-order chi connectivity index (χ1) is 12.4. The van der Waals surface area contributed by atoms with E-state index < -0.39 is 21.9 Å². The number of carbonyl (C=O) groups excluding carboxylic acids is 1. The summed E-state index contributed by atoms with van der Waals surface area (Å²) >= 11 is 0. The van der Waals surface area contributed by atoms with Gasteiger partial charge in [0.15, 0.2) is 0 Å². The van der Waals surface area contributed by atoms with Crippen LogP contribution >= 0.6 is 0 Å². The number of carboxylic acids is 1. The Labute approximate surface area is 152 Å². The second-order valence-corrected chi connectivity index (χ2v) is 8.38. The fourth-order valence-electron chi connectivity index (χ4n) is 3.21. The Bertz CT molecular complexity index is 763. The molecule has 1 aromatic rings. The molecule has 0 bridgehead atoms. The van der Waals surface area contributed by atoms with Gasteiger partial charge in [-0.1, -0.05) is 0 Å². The summed E-state index contributed by atoms with van der Waals surface area (Å²) in [5, 5.41) is 9.02. The zero-order valence-corrected chi connectivity index (χ0v) is 15.2. The van der Waals surface area contributed by atoms with E-state index in [4.69, 9.17) is 9.84 Å². The van der Waals surface area contributed by atoms with Gasteiger partial charge in [-0.2, -0.15) is 4.31 Å². The highest BCUT2D eigenvalue weighted by Crippen LogP contribution is 2.24. The van der Waals surface area contributed by atoms with Gasteiger partial charge in [0.05, 0.1) is 24.0 Å². The zero-order chi connectivity index (χ0) is 18.7. The number of sulfonamides is 1. The third-order valence-corrected chi connectivity index (χ3v) is 6.75. The van der Waals surface area contributed by atoms with Crippen LogP contribution in [0, 0.1) is 5.92 Å². The van der Waals surface area contributed by atoms with Crippen LogP contribution in [0.3, 0.4) is 0 Å². The molecular weight excluding hydrogens is 360 g/mol. The molecule has 2 aliphatic heterocycles. The molecule has 0 radical (unpaired) electrons. The van der Waals surface area contributed by atoms with Crippen LogP contribution < -0.4 is 0 Å². The van der Waals surface area contributed by atoms with Gasteiger partial charge in [-0.3, -0.25) is 9.59 Å². The van der Waals surface area contributed by atoms with E-state index in [0.717, 1.165) is 0 Å². The predicted octanol–water partition coefficient (Wildman–Crippen LogP) is 0.644. The highest BCUT2D eigenvalue weighted by Gasteiger charge is 2.32. The number of morpholine rings is 1. The minimum Gasteiger partial charge on any atom is -0.481 e. The lowest BCUT2D eigenvalue weighted by molar-refractivity contribution is -0.142. The molecule has 26 heavy (non-hydrogen) atoms. The van der Waals surface area contributed by atoms with Gasteiger partial charge >= 0.3 is 5.97 Å². The van der Waals surface area contributed by atoms with Gasteiger partial charge in [0, 0.05) is 31.7 Å². The van der Waals surface area contributed by atoms with Crippen molar-refractivity contribution in [2.24, 2.45) is 5.92 Å².